The molecule has 4 heteroatoms. The first-order valence-electron chi connectivity index (χ1n) is 5.52. The van der Waals surface area contributed by atoms with E-state index in [0.717, 1.165) is 24.0 Å². The lowest BCUT2D eigenvalue weighted by atomic mass is 10.2. The fourth-order valence-electron chi connectivity index (χ4n) is 1.42. The van der Waals surface area contributed by atoms with Crippen LogP contribution in [-0.2, 0) is 0 Å². The Bertz CT molecular complexity index is 337. The maximum absolute atomic E-state index is 11.9. The Morgan fingerprint density at radius 3 is 2.75 bits per heavy atom. The summed E-state index contributed by atoms with van der Waals surface area (Å²) in [5, 5.41) is 0. The minimum atomic E-state index is 0.0381. The first-order chi connectivity index (χ1) is 7.65. The van der Waals surface area contributed by atoms with Crippen LogP contribution in [0.1, 0.15) is 36.5 Å². The first-order valence-corrected chi connectivity index (χ1v) is 6.31. The molecule has 0 aliphatic heterocycles. The maximum Gasteiger partial charge on any atom is 0.255 e. The van der Waals surface area contributed by atoms with Crippen LogP contribution in [0.25, 0.3) is 0 Å². The van der Waals surface area contributed by atoms with E-state index in [2.05, 4.69) is 27.8 Å². The summed E-state index contributed by atoms with van der Waals surface area (Å²) in [5.41, 5.74) is 0.641. The van der Waals surface area contributed by atoms with E-state index < -0.39 is 0 Å². The molecule has 1 rings (SSSR count). The highest BCUT2D eigenvalue weighted by molar-refractivity contribution is 9.10. The molecule has 0 fully saturated rings. The normalized spacial score (nSPS) is 10.2. The zero-order valence-electron chi connectivity index (χ0n) is 9.74. The van der Waals surface area contributed by atoms with Crippen molar-refractivity contribution in [2.45, 2.75) is 26.2 Å². The SMILES string of the molecule is CCCCCN(C)C(=O)c1ccc(Br)nc1. The molecule has 0 unspecified atom stereocenters. The summed E-state index contributed by atoms with van der Waals surface area (Å²) in [7, 11) is 1.83. The highest BCUT2D eigenvalue weighted by Gasteiger charge is 2.10. The molecule has 0 bridgehead atoms. The average Bonchev–Trinajstić information content (AvgIpc) is 2.29. The molecule has 1 aromatic heterocycles. The van der Waals surface area contributed by atoms with Gasteiger partial charge in [0.1, 0.15) is 4.60 Å². The Balaban J connectivity index is 2.53. The fourth-order valence-corrected chi connectivity index (χ4v) is 1.66. The minimum Gasteiger partial charge on any atom is -0.342 e. The molecule has 88 valence electrons. The van der Waals surface area contributed by atoms with E-state index in [1.807, 2.05) is 7.05 Å². The van der Waals surface area contributed by atoms with Crippen molar-refractivity contribution in [1.29, 1.82) is 0 Å². The number of halogens is 1. The Morgan fingerprint density at radius 1 is 1.44 bits per heavy atom. The Hall–Kier alpha value is -0.900. The van der Waals surface area contributed by atoms with Crippen LogP contribution in [0.4, 0.5) is 0 Å². The Labute approximate surface area is 105 Å². The van der Waals surface area contributed by atoms with Gasteiger partial charge < -0.3 is 4.90 Å². The van der Waals surface area contributed by atoms with Crippen LogP contribution in [0.15, 0.2) is 22.9 Å². The number of hydrogen-bond donors (Lipinski definition) is 0. The van der Waals surface area contributed by atoms with E-state index in [-0.39, 0.29) is 5.91 Å². The molecule has 0 aliphatic carbocycles. The zero-order chi connectivity index (χ0) is 12.0. The van der Waals surface area contributed by atoms with Gasteiger partial charge in [-0.25, -0.2) is 4.98 Å². The molecule has 1 heterocycles. The van der Waals surface area contributed by atoms with Crippen molar-refractivity contribution < 1.29 is 4.79 Å². The van der Waals surface area contributed by atoms with Crippen LogP contribution >= 0.6 is 15.9 Å². The van der Waals surface area contributed by atoms with Crippen molar-refractivity contribution in [3.8, 4) is 0 Å². The van der Waals surface area contributed by atoms with Gasteiger partial charge in [0.2, 0.25) is 0 Å². The van der Waals surface area contributed by atoms with Crippen LogP contribution in [0.2, 0.25) is 0 Å². The molecule has 1 amide bonds. The van der Waals surface area contributed by atoms with Crippen LogP contribution in [0.5, 0.6) is 0 Å². The predicted octanol–water partition coefficient (Wildman–Crippen LogP) is 3.11. The zero-order valence-corrected chi connectivity index (χ0v) is 11.3. The molecule has 0 aliphatic rings. The standard InChI is InChI=1S/C12H17BrN2O/c1-3-4-5-8-15(2)12(16)10-6-7-11(13)14-9-10/h6-7,9H,3-5,8H2,1-2H3. The van der Waals surface area contributed by atoms with E-state index in [0.29, 0.717) is 5.56 Å². The van der Waals surface area contributed by atoms with Crippen LogP contribution < -0.4 is 0 Å². The second kappa shape index (κ2) is 6.63. The maximum atomic E-state index is 11.9. The lowest BCUT2D eigenvalue weighted by Crippen LogP contribution is -2.27. The first kappa shape index (κ1) is 13.2. The van der Waals surface area contributed by atoms with E-state index in [1.165, 1.54) is 6.42 Å². The predicted molar refractivity (Wildman–Crippen MR) is 68.4 cm³/mol. The van der Waals surface area contributed by atoms with Crippen LogP contribution in [0, 0.1) is 0 Å². The summed E-state index contributed by atoms with van der Waals surface area (Å²) < 4.78 is 0.748. The molecular formula is C12H17BrN2O. The molecule has 0 radical (unpaired) electrons. The second-order valence-electron chi connectivity index (χ2n) is 3.80. The number of amides is 1. The van der Waals surface area contributed by atoms with Crippen LogP contribution in [0.3, 0.4) is 0 Å². The third-order valence-corrected chi connectivity index (χ3v) is 2.89. The lowest BCUT2D eigenvalue weighted by molar-refractivity contribution is 0.0792. The van der Waals surface area contributed by atoms with Crippen molar-refractivity contribution in [2.75, 3.05) is 13.6 Å². The smallest absolute Gasteiger partial charge is 0.255 e. The largest absolute Gasteiger partial charge is 0.342 e. The van der Waals surface area contributed by atoms with Crippen molar-refractivity contribution in [3.05, 3.63) is 28.5 Å². The number of nitrogens with zero attached hydrogens (tertiary/aromatic N) is 2. The van der Waals surface area contributed by atoms with Gasteiger partial charge in [-0.05, 0) is 34.5 Å². The molecule has 16 heavy (non-hydrogen) atoms. The van der Waals surface area contributed by atoms with Crippen molar-refractivity contribution >= 4 is 21.8 Å². The molecule has 0 spiro atoms. The number of rotatable bonds is 5. The molecule has 0 N–H and O–H groups in total. The highest BCUT2D eigenvalue weighted by Crippen LogP contribution is 2.08. The topological polar surface area (TPSA) is 33.2 Å². The summed E-state index contributed by atoms with van der Waals surface area (Å²) in [6.07, 6.45) is 4.99. The summed E-state index contributed by atoms with van der Waals surface area (Å²) >= 11 is 3.25. The summed E-state index contributed by atoms with van der Waals surface area (Å²) in [6, 6.07) is 3.57. The Morgan fingerprint density at radius 2 is 2.19 bits per heavy atom. The molecular weight excluding hydrogens is 268 g/mol. The van der Waals surface area contributed by atoms with Gasteiger partial charge in [-0.3, -0.25) is 4.79 Å². The van der Waals surface area contributed by atoms with Gasteiger partial charge in [-0.1, -0.05) is 19.8 Å². The number of unbranched alkanes of at least 4 members (excludes halogenated alkanes) is 2. The minimum absolute atomic E-state index is 0.0381. The van der Waals surface area contributed by atoms with Crippen LogP contribution in [-0.4, -0.2) is 29.4 Å². The molecule has 1 aromatic rings. The number of aromatic nitrogens is 1. The van der Waals surface area contributed by atoms with E-state index in [9.17, 15) is 4.79 Å². The molecule has 0 atom stereocenters. The Kier molecular flexibility index (Phi) is 5.46. The van der Waals surface area contributed by atoms with Gasteiger partial charge in [0, 0.05) is 19.8 Å². The van der Waals surface area contributed by atoms with Crippen molar-refractivity contribution in [2.24, 2.45) is 0 Å². The summed E-state index contributed by atoms with van der Waals surface area (Å²) in [4.78, 5) is 17.7. The molecule has 0 aromatic carbocycles. The van der Waals surface area contributed by atoms with Crippen molar-refractivity contribution in [1.82, 2.24) is 9.88 Å². The van der Waals surface area contributed by atoms with E-state index in [4.69, 9.17) is 0 Å². The number of carbonyl (C=O) groups is 1. The van der Waals surface area contributed by atoms with Gasteiger partial charge in [-0.2, -0.15) is 0 Å². The van der Waals surface area contributed by atoms with E-state index in [1.54, 1.807) is 23.2 Å². The quantitative estimate of drug-likeness (QED) is 0.615. The number of hydrogen-bond acceptors (Lipinski definition) is 2. The van der Waals surface area contributed by atoms with Gasteiger partial charge in [0.05, 0.1) is 5.56 Å². The lowest BCUT2D eigenvalue weighted by Gasteiger charge is -2.16. The van der Waals surface area contributed by atoms with Gasteiger partial charge in [0.25, 0.3) is 5.91 Å². The van der Waals surface area contributed by atoms with Gasteiger partial charge in [0.15, 0.2) is 0 Å². The van der Waals surface area contributed by atoms with Gasteiger partial charge in [-0.15, -0.1) is 0 Å². The van der Waals surface area contributed by atoms with Crippen molar-refractivity contribution in [3.63, 3.8) is 0 Å². The molecule has 3 nitrogen and oxygen atoms in total. The molecule has 0 saturated heterocycles. The third kappa shape index (κ3) is 3.93. The molecule has 0 saturated carbocycles. The monoisotopic (exact) mass is 284 g/mol. The van der Waals surface area contributed by atoms with E-state index >= 15 is 0 Å². The summed E-state index contributed by atoms with van der Waals surface area (Å²) in [6.45, 7) is 2.96. The summed E-state index contributed by atoms with van der Waals surface area (Å²) in [5.74, 6) is 0.0381. The third-order valence-electron chi connectivity index (χ3n) is 2.42. The fraction of sp³-hybridized carbons (Fsp3) is 0.500. The van der Waals surface area contributed by atoms with Gasteiger partial charge >= 0.3 is 0 Å². The average molecular weight is 285 g/mol. The number of carbonyl (C=O) groups excluding carboxylic acids is 1. The highest BCUT2D eigenvalue weighted by atomic mass is 79.9. The second-order valence-corrected chi connectivity index (χ2v) is 4.62. The number of pyridine rings is 1.